The topological polar surface area (TPSA) is 48.5 Å². The number of hydrogen-bond acceptors (Lipinski definition) is 5. The first-order valence-corrected chi connectivity index (χ1v) is 11.3. The van der Waals surface area contributed by atoms with E-state index in [2.05, 4.69) is 56.7 Å². The number of carbonyl (C=O) groups excluding carboxylic acids is 1. The van der Waals surface area contributed by atoms with Crippen LogP contribution in [0.15, 0.2) is 29.6 Å². The quantitative estimate of drug-likeness (QED) is 0.858. The molecule has 150 valence electrons. The van der Waals surface area contributed by atoms with Crippen LogP contribution in [-0.2, 0) is 11.2 Å². The van der Waals surface area contributed by atoms with Crippen molar-refractivity contribution < 1.29 is 4.79 Å². The van der Waals surface area contributed by atoms with Crippen molar-refractivity contribution in [1.82, 2.24) is 15.2 Å². The number of anilines is 1. The van der Waals surface area contributed by atoms with Gasteiger partial charge < -0.3 is 15.1 Å². The van der Waals surface area contributed by atoms with E-state index in [1.807, 2.05) is 6.92 Å². The van der Waals surface area contributed by atoms with Crippen molar-refractivity contribution in [2.45, 2.75) is 39.2 Å². The lowest BCUT2D eigenvalue weighted by Gasteiger charge is -2.40. The number of nitrogens with zero attached hydrogens (tertiary/aromatic N) is 3. The Labute approximate surface area is 171 Å². The van der Waals surface area contributed by atoms with E-state index in [-0.39, 0.29) is 12.0 Å². The molecule has 1 amide bonds. The zero-order chi connectivity index (χ0) is 19.5. The number of amides is 1. The number of rotatable bonds is 4. The monoisotopic (exact) mass is 398 g/mol. The molecular formula is C22H30N4OS. The number of piperazine rings is 1. The summed E-state index contributed by atoms with van der Waals surface area (Å²) in [7, 11) is 0. The molecule has 0 saturated carbocycles. The Hall–Kier alpha value is -1.92. The number of carbonyl (C=O) groups is 1. The molecule has 4 rings (SSSR count). The highest BCUT2D eigenvalue weighted by Crippen LogP contribution is 2.30. The molecule has 2 saturated heterocycles. The SMILES string of the molecule is CCc1ccc(C2CNCCN2C(=O)C2CCN(c3nc(C)cs3)CC2)cc1. The van der Waals surface area contributed by atoms with E-state index < -0.39 is 0 Å². The van der Waals surface area contributed by atoms with Crippen molar-refractivity contribution in [3.05, 3.63) is 46.5 Å². The number of piperidine rings is 1. The standard InChI is InChI=1S/C22H30N4OS/c1-3-17-4-6-18(7-5-17)20-14-23-10-13-26(20)21(27)19-8-11-25(12-9-19)22-24-16(2)15-28-22/h4-7,15,19-20,23H,3,8-14H2,1-2H3. The van der Waals surface area contributed by atoms with Gasteiger partial charge in [0.15, 0.2) is 5.13 Å². The molecule has 1 N–H and O–H groups in total. The summed E-state index contributed by atoms with van der Waals surface area (Å²) in [5.74, 6) is 0.467. The van der Waals surface area contributed by atoms with Crippen molar-refractivity contribution in [3.8, 4) is 0 Å². The lowest BCUT2D eigenvalue weighted by atomic mass is 9.93. The van der Waals surface area contributed by atoms with Crippen molar-refractivity contribution in [2.75, 3.05) is 37.6 Å². The van der Waals surface area contributed by atoms with Gasteiger partial charge >= 0.3 is 0 Å². The summed E-state index contributed by atoms with van der Waals surface area (Å²) in [5.41, 5.74) is 3.67. The second-order valence-electron chi connectivity index (χ2n) is 7.88. The van der Waals surface area contributed by atoms with E-state index in [1.165, 1.54) is 11.1 Å². The molecule has 6 heteroatoms. The fourth-order valence-electron chi connectivity index (χ4n) is 4.28. The summed E-state index contributed by atoms with van der Waals surface area (Å²) in [6.07, 6.45) is 2.88. The third kappa shape index (κ3) is 4.08. The number of aromatic nitrogens is 1. The van der Waals surface area contributed by atoms with E-state index in [1.54, 1.807) is 11.3 Å². The third-order valence-electron chi connectivity index (χ3n) is 6.02. The average molecular weight is 399 g/mol. The highest BCUT2D eigenvalue weighted by molar-refractivity contribution is 7.13. The summed E-state index contributed by atoms with van der Waals surface area (Å²) in [6, 6.07) is 8.93. The molecule has 1 unspecified atom stereocenters. The Bertz CT molecular complexity index is 795. The maximum Gasteiger partial charge on any atom is 0.226 e. The molecule has 0 bridgehead atoms. The predicted molar refractivity (Wildman–Crippen MR) is 115 cm³/mol. The van der Waals surface area contributed by atoms with Gasteiger partial charge in [-0.25, -0.2) is 4.98 Å². The summed E-state index contributed by atoms with van der Waals surface area (Å²) in [6.45, 7) is 8.57. The van der Waals surface area contributed by atoms with Crippen LogP contribution in [0.1, 0.15) is 42.6 Å². The van der Waals surface area contributed by atoms with Crippen LogP contribution in [0.3, 0.4) is 0 Å². The van der Waals surface area contributed by atoms with Crippen LogP contribution in [0, 0.1) is 12.8 Å². The number of hydrogen-bond donors (Lipinski definition) is 1. The maximum atomic E-state index is 13.4. The largest absolute Gasteiger partial charge is 0.348 e. The van der Waals surface area contributed by atoms with Gasteiger partial charge in [-0.15, -0.1) is 11.3 Å². The molecule has 2 aliphatic heterocycles. The molecule has 5 nitrogen and oxygen atoms in total. The lowest BCUT2D eigenvalue weighted by molar-refractivity contribution is -0.139. The Morgan fingerprint density at radius 1 is 1.21 bits per heavy atom. The molecule has 0 radical (unpaired) electrons. The molecule has 28 heavy (non-hydrogen) atoms. The minimum absolute atomic E-state index is 0.132. The Kier molecular flexibility index (Phi) is 5.97. The molecule has 1 atom stereocenters. The van der Waals surface area contributed by atoms with Gasteiger partial charge in [-0.05, 0) is 37.3 Å². The smallest absolute Gasteiger partial charge is 0.226 e. The molecule has 2 aromatic rings. The van der Waals surface area contributed by atoms with Crippen LogP contribution in [0.2, 0.25) is 0 Å². The van der Waals surface area contributed by atoms with E-state index in [0.717, 1.165) is 62.8 Å². The molecule has 0 spiro atoms. The highest BCUT2D eigenvalue weighted by Gasteiger charge is 2.34. The second kappa shape index (κ2) is 8.62. The number of aryl methyl sites for hydroxylation is 2. The molecule has 2 aliphatic rings. The Morgan fingerprint density at radius 3 is 2.61 bits per heavy atom. The van der Waals surface area contributed by atoms with Gasteiger partial charge in [0, 0.05) is 44.0 Å². The van der Waals surface area contributed by atoms with Crippen molar-refractivity contribution in [2.24, 2.45) is 5.92 Å². The minimum Gasteiger partial charge on any atom is -0.348 e. The van der Waals surface area contributed by atoms with E-state index in [9.17, 15) is 4.79 Å². The van der Waals surface area contributed by atoms with Crippen molar-refractivity contribution >= 4 is 22.4 Å². The molecular weight excluding hydrogens is 368 g/mol. The van der Waals surface area contributed by atoms with Crippen molar-refractivity contribution in [1.29, 1.82) is 0 Å². The van der Waals surface area contributed by atoms with Crippen molar-refractivity contribution in [3.63, 3.8) is 0 Å². The number of benzene rings is 1. The van der Waals surface area contributed by atoms with Crippen LogP contribution in [0.25, 0.3) is 0 Å². The van der Waals surface area contributed by atoms with E-state index in [0.29, 0.717) is 5.91 Å². The normalized spacial score (nSPS) is 21.1. The van der Waals surface area contributed by atoms with Crippen LogP contribution >= 0.6 is 11.3 Å². The fourth-order valence-corrected chi connectivity index (χ4v) is 5.14. The molecule has 3 heterocycles. The second-order valence-corrected chi connectivity index (χ2v) is 8.72. The summed E-state index contributed by atoms with van der Waals surface area (Å²) in [5, 5.41) is 6.67. The zero-order valence-corrected chi connectivity index (χ0v) is 17.7. The lowest BCUT2D eigenvalue weighted by Crippen LogP contribution is -2.51. The first kappa shape index (κ1) is 19.4. The molecule has 0 aliphatic carbocycles. The molecule has 2 fully saturated rings. The van der Waals surface area contributed by atoms with Crippen LogP contribution in [0.5, 0.6) is 0 Å². The first-order valence-electron chi connectivity index (χ1n) is 10.4. The van der Waals surface area contributed by atoms with Crippen LogP contribution < -0.4 is 10.2 Å². The fraction of sp³-hybridized carbons (Fsp3) is 0.545. The summed E-state index contributed by atoms with van der Waals surface area (Å²) < 4.78 is 0. The molecule has 1 aromatic carbocycles. The number of thiazole rings is 1. The Balaban J connectivity index is 1.42. The Morgan fingerprint density at radius 2 is 1.96 bits per heavy atom. The van der Waals surface area contributed by atoms with Gasteiger partial charge in [-0.3, -0.25) is 4.79 Å². The zero-order valence-electron chi connectivity index (χ0n) is 16.9. The van der Waals surface area contributed by atoms with Crippen LogP contribution in [0.4, 0.5) is 5.13 Å². The van der Waals surface area contributed by atoms with Gasteiger partial charge in [0.2, 0.25) is 5.91 Å². The maximum absolute atomic E-state index is 13.4. The van der Waals surface area contributed by atoms with Crippen LogP contribution in [-0.4, -0.2) is 48.5 Å². The van der Waals surface area contributed by atoms with Gasteiger partial charge in [-0.2, -0.15) is 0 Å². The van der Waals surface area contributed by atoms with E-state index >= 15 is 0 Å². The average Bonchev–Trinajstić information content (AvgIpc) is 3.20. The summed E-state index contributed by atoms with van der Waals surface area (Å²) in [4.78, 5) is 22.4. The third-order valence-corrected chi connectivity index (χ3v) is 7.04. The summed E-state index contributed by atoms with van der Waals surface area (Å²) >= 11 is 1.71. The highest BCUT2D eigenvalue weighted by atomic mass is 32.1. The minimum atomic E-state index is 0.132. The van der Waals surface area contributed by atoms with Gasteiger partial charge in [-0.1, -0.05) is 31.2 Å². The van der Waals surface area contributed by atoms with Gasteiger partial charge in [0.1, 0.15) is 0 Å². The number of nitrogens with one attached hydrogen (secondary N) is 1. The van der Waals surface area contributed by atoms with E-state index in [4.69, 9.17) is 0 Å². The van der Waals surface area contributed by atoms with Gasteiger partial charge in [0.25, 0.3) is 0 Å². The van der Waals surface area contributed by atoms with Gasteiger partial charge in [0.05, 0.1) is 11.7 Å². The first-order chi connectivity index (χ1) is 13.7. The predicted octanol–water partition coefficient (Wildman–Crippen LogP) is 3.40. The molecule has 1 aromatic heterocycles.